The van der Waals surface area contributed by atoms with Gasteiger partial charge in [-0.25, -0.2) is 0 Å². The molecule has 0 fully saturated rings. The Hall–Kier alpha value is -1.76. The summed E-state index contributed by atoms with van der Waals surface area (Å²) in [5.41, 5.74) is 0.755. The number of hydrogen-bond donors (Lipinski definition) is 0. The molecule has 1 heterocycles. The number of ether oxygens (including phenoxy) is 1. The molecule has 1 aliphatic rings. The van der Waals surface area contributed by atoms with Crippen LogP contribution in [0.5, 0.6) is 5.75 Å². The van der Waals surface area contributed by atoms with E-state index in [1.807, 2.05) is 26.2 Å². The monoisotopic (exact) mass is 398 g/mol. The van der Waals surface area contributed by atoms with Crippen molar-refractivity contribution in [2.24, 2.45) is 0 Å². The summed E-state index contributed by atoms with van der Waals surface area (Å²) >= 11 is 6.01. The van der Waals surface area contributed by atoms with E-state index < -0.39 is 11.7 Å². The molecule has 0 radical (unpaired) electrons. The van der Waals surface area contributed by atoms with Crippen LogP contribution < -0.4 is 4.74 Å². The minimum Gasteiger partial charge on any atom is -0.492 e. The molecule has 0 aliphatic carbocycles. The van der Waals surface area contributed by atoms with Gasteiger partial charge in [0.15, 0.2) is 0 Å². The molecule has 1 atom stereocenters. The van der Waals surface area contributed by atoms with Crippen LogP contribution >= 0.6 is 11.6 Å². The quantitative estimate of drug-likeness (QED) is 0.742. The fourth-order valence-electron chi connectivity index (χ4n) is 3.27. The van der Waals surface area contributed by atoms with Crippen LogP contribution in [0.1, 0.15) is 22.7 Å². The van der Waals surface area contributed by atoms with Gasteiger partial charge in [-0.2, -0.15) is 13.2 Å². The van der Waals surface area contributed by atoms with Gasteiger partial charge in [0.2, 0.25) is 0 Å². The van der Waals surface area contributed by atoms with Crippen LogP contribution in [0.2, 0.25) is 5.02 Å². The highest BCUT2D eigenvalue weighted by atomic mass is 35.5. The van der Waals surface area contributed by atoms with Gasteiger partial charge in [-0.15, -0.1) is 0 Å². The van der Waals surface area contributed by atoms with Crippen molar-refractivity contribution in [3.05, 3.63) is 64.2 Å². The van der Waals surface area contributed by atoms with Crippen LogP contribution in [-0.2, 0) is 6.18 Å². The summed E-state index contributed by atoms with van der Waals surface area (Å²) in [5.74, 6) is 0.496. The third kappa shape index (κ3) is 4.75. The molecule has 0 bridgehead atoms. The Bertz CT molecular complexity index is 778. The fourth-order valence-corrected chi connectivity index (χ4v) is 3.40. The number of nitrogens with zero attached hydrogens (tertiary/aromatic N) is 2. The second-order valence-corrected chi connectivity index (χ2v) is 7.33. The van der Waals surface area contributed by atoms with Crippen LogP contribution in [0.15, 0.2) is 42.5 Å². The molecule has 3 rings (SSSR count). The average Bonchev–Trinajstić information content (AvgIpc) is 2.78. The lowest BCUT2D eigenvalue weighted by atomic mass is 9.94. The first-order chi connectivity index (χ1) is 12.8. The zero-order valence-corrected chi connectivity index (χ0v) is 16.0. The second kappa shape index (κ2) is 8.09. The molecule has 3 nitrogen and oxygen atoms in total. The smallest absolute Gasteiger partial charge is 0.416 e. The first-order valence-corrected chi connectivity index (χ1v) is 9.11. The molecule has 7 heteroatoms. The van der Waals surface area contributed by atoms with E-state index in [-0.39, 0.29) is 6.04 Å². The van der Waals surface area contributed by atoms with Crippen molar-refractivity contribution in [2.45, 2.75) is 12.2 Å². The van der Waals surface area contributed by atoms with Gasteiger partial charge < -0.3 is 9.64 Å². The molecule has 0 saturated heterocycles. The summed E-state index contributed by atoms with van der Waals surface area (Å²) in [5, 5.41) is 0.590. The minimum atomic E-state index is -4.40. The third-order valence-electron chi connectivity index (χ3n) is 4.65. The highest BCUT2D eigenvalue weighted by molar-refractivity contribution is 6.30. The van der Waals surface area contributed by atoms with Gasteiger partial charge in [0.1, 0.15) is 12.4 Å². The third-order valence-corrected chi connectivity index (χ3v) is 4.91. The number of rotatable bonds is 4. The van der Waals surface area contributed by atoms with Crippen molar-refractivity contribution < 1.29 is 17.9 Å². The van der Waals surface area contributed by atoms with Gasteiger partial charge in [0.05, 0.1) is 11.6 Å². The Morgan fingerprint density at radius 2 is 1.85 bits per heavy atom. The number of benzene rings is 2. The largest absolute Gasteiger partial charge is 0.492 e. The molecule has 1 unspecified atom stereocenters. The Balaban J connectivity index is 2.09. The molecular formula is C20H22ClF3N2O. The molecule has 146 valence electrons. The first-order valence-electron chi connectivity index (χ1n) is 8.74. The van der Waals surface area contributed by atoms with Gasteiger partial charge in [0, 0.05) is 30.2 Å². The van der Waals surface area contributed by atoms with Crippen LogP contribution in [0, 0.1) is 0 Å². The summed E-state index contributed by atoms with van der Waals surface area (Å²) in [6, 6.07) is 10.6. The Morgan fingerprint density at radius 1 is 1.15 bits per heavy atom. The summed E-state index contributed by atoms with van der Waals surface area (Å²) in [6.45, 7) is 2.55. The van der Waals surface area contributed by atoms with Gasteiger partial charge in [-0.3, -0.25) is 4.90 Å². The van der Waals surface area contributed by atoms with Gasteiger partial charge in [0.25, 0.3) is 0 Å². The van der Waals surface area contributed by atoms with E-state index in [0.717, 1.165) is 18.2 Å². The maximum Gasteiger partial charge on any atom is 0.416 e. The van der Waals surface area contributed by atoms with Crippen molar-refractivity contribution in [2.75, 3.05) is 40.3 Å². The molecule has 0 aromatic heterocycles. The van der Waals surface area contributed by atoms with Crippen LogP contribution in [-0.4, -0.2) is 50.1 Å². The SMILES string of the molecule is CN(C)CCN1CCOc2ccc(C(F)(F)F)cc2C1c1ccc(Cl)cc1. The minimum absolute atomic E-state index is 0.331. The molecule has 0 N–H and O–H groups in total. The zero-order chi connectivity index (χ0) is 19.6. The number of fused-ring (bicyclic) bond motifs is 1. The van der Waals surface area contributed by atoms with E-state index in [9.17, 15) is 13.2 Å². The maximum atomic E-state index is 13.3. The van der Waals surface area contributed by atoms with E-state index >= 15 is 0 Å². The molecule has 2 aromatic carbocycles. The molecule has 1 aliphatic heterocycles. The van der Waals surface area contributed by atoms with Crippen LogP contribution in [0.4, 0.5) is 13.2 Å². The highest BCUT2D eigenvalue weighted by Crippen LogP contribution is 2.40. The van der Waals surface area contributed by atoms with Crippen molar-refractivity contribution in [1.82, 2.24) is 9.80 Å². The molecule has 0 spiro atoms. The molecule has 27 heavy (non-hydrogen) atoms. The van der Waals surface area contributed by atoms with Crippen molar-refractivity contribution in [1.29, 1.82) is 0 Å². The Labute approximate surface area is 162 Å². The highest BCUT2D eigenvalue weighted by Gasteiger charge is 2.34. The van der Waals surface area contributed by atoms with Gasteiger partial charge in [-0.05, 0) is 50.0 Å². The molecular weight excluding hydrogens is 377 g/mol. The lowest BCUT2D eigenvalue weighted by Crippen LogP contribution is -2.36. The number of alkyl halides is 3. The summed E-state index contributed by atoms with van der Waals surface area (Å²) < 4.78 is 45.7. The van der Waals surface area contributed by atoms with Crippen molar-refractivity contribution in [3.63, 3.8) is 0 Å². The number of halogens is 4. The Kier molecular flexibility index (Phi) is 5.99. The second-order valence-electron chi connectivity index (χ2n) is 6.89. The topological polar surface area (TPSA) is 15.7 Å². The summed E-state index contributed by atoms with van der Waals surface area (Å²) in [6.07, 6.45) is -4.40. The van der Waals surface area contributed by atoms with Crippen molar-refractivity contribution in [3.8, 4) is 5.75 Å². The maximum absolute atomic E-state index is 13.3. The predicted octanol–water partition coefficient (Wildman–Crippen LogP) is 4.70. The van der Waals surface area contributed by atoms with E-state index in [2.05, 4.69) is 9.80 Å². The van der Waals surface area contributed by atoms with E-state index in [4.69, 9.17) is 16.3 Å². The van der Waals surface area contributed by atoms with Crippen LogP contribution in [0.3, 0.4) is 0 Å². The van der Waals surface area contributed by atoms with Crippen LogP contribution in [0.25, 0.3) is 0 Å². The molecule has 0 saturated carbocycles. The standard InChI is InChI=1S/C20H22ClF3N2O/c1-25(2)9-10-26-11-12-27-18-8-5-15(20(22,23)24)13-17(18)19(26)14-3-6-16(21)7-4-14/h3-8,13,19H,9-12H2,1-2H3. The Morgan fingerprint density at radius 3 is 2.48 bits per heavy atom. The van der Waals surface area contributed by atoms with E-state index in [1.54, 1.807) is 12.1 Å². The zero-order valence-electron chi connectivity index (χ0n) is 15.3. The lowest BCUT2D eigenvalue weighted by Gasteiger charge is -2.31. The van der Waals surface area contributed by atoms with Crippen molar-refractivity contribution >= 4 is 11.6 Å². The number of likely N-dealkylation sites (N-methyl/N-ethyl adjacent to an activating group) is 1. The molecule has 2 aromatic rings. The van der Waals surface area contributed by atoms with Gasteiger partial charge in [-0.1, -0.05) is 23.7 Å². The predicted molar refractivity (Wildman–Crippen MR) is 100 cm³/mol. The first kappa shape index (κ1) is 20.0. The summed E-state index contributed by atoms with van der Waals surface area (Å²) in [7, 11) is 3.95. The number of hydrogen-bond acceptors (Lipinski definition) is 3. The lowest BCUT2D eigenvalue weighted by molar-refractivity contribution is -0.137. The molecule has 0 amide bonds. The normalized spacial score (nSPS) is 18.1. The fraction of sp³-hybridized carbons (Fsp3) is 0.400. The van der Waals surface area contributed by atoms with Gasteiger partial charge >= 0.3 is 6.18 Å². The van der Waals surface area contributed by atoms with E-state index in [1.165, 1.54) is 12.1 Å². The average molecular weight is 399 g/mol. The summed E-state index contributed by atoms with van der Waals surface area (Å²) in [4.78, 5) is 4.22. The van der Waals surface area contributed by atoms with E-state index in [0.29, 0.717) is 36.0 Å².